The number of benzene rings is 1. The van der Waals surface area contributed by atoms with Crippen LogP contribution in [0, 0.1) is 11.3 Å². The highest BCUT2D eigenvalue weighted by molar-refractivity contribution is 6.30. The third-order valence-electron chi connectivity index (χ3n) is 7.87. The van der Waals surface area contributed by atoms with Crippen LogP contribution >= 0.6 is 11.6 Å². The summed E-state index contributed by atoms with van der Waals surface area (Å²) in [4.78, 5) is 29.3. The summed E-state index contributed by atoms with van der Waals surface area (Å²) in [6.45, 7) is 2.76. The van der Waals surface area contributed by atoms with Gasteiger partial charge in [0.25, 0.3) is 0 Å². The number of pyridine rings is 3. The van der Waals surface area contributed by atoms with Crippen LogP contribution in [0.5, 0.6) is 0 Å². The quantitative estimate of drug-likeness (QED) is 0.236. The van der Waals surface area contributed by atoms with Gasteiger partial charge in [0.05, 0.1) is 22.0 Å². The van der Waals surface area contributed by atoms with E-state index in [1.165, 1.54) is 5.56 Å². The van der Waals surface area contributed by atoms with E-state index < -0.39 is 0 Å². The highest BCUT2D eigenvalue weighted by atomic mass is 35.5. The number of likely N-dealkylation sites (tertiary alicyclic amines) is 1. The van der Waals surface area contributed by atoms with E-state index in [0.29, 0.717) is 39.9 Å². The number of nitrogens with one attached hydrogen (secondary N) is 1. The molecule has 1 fully saturated rings. The van der Waals surface area contributed by atoms with E-state index in [9.17, 15) is 0 Å². The number of hydrogen-bond donors (Lipinski definition) is 2. The average Bonchev–Trinajstić information content (AvgIpc) is 3.45. The number of aromatic nitrogens is 7. The highest BCUT2D eigenvalue weighted by Crippen LogP contribution is 2.32. The molecule has 6 heterocycles. The number of anilines is 2. The molecule has 0 radical (unpaired) electrons. The van der Waals surface area contributed by atoms with Crippen molar-refractivity contribution in [1.82, 2.24) is 39.4 Å². The fraction of sp³-hybridized carbons (Fsp3) is 0.182. The number of imidazole rings is 1. The first-order chi connectivity index (χ1) is 22.0. The zero-order valence-electron chi connectivity index (χ0n) is 24.2. The van der Waals surface area contributed by atoms with Crippen molar-refractivity contribution in [3.05, 3.63) is 102 Å². The summed E-state index contributed by atoms with van der Waals surface area (Å²) in [5.41, 5.74) is 12.0. The third kappa shape index (κ3) is 6.02. The van der Waals surface area contributed by atoms with Gasteiger partial charge >= 0.3 is 0 Å². The minimum Gasteiger partial charge on any atom is -0.383 e. The van der Waals surface area contributed by atoms with Crippen LogP contribution in [0.15, 0.2) is 85.3 Å². The molecule has 5 aromatic heterocycles. The van der Waals surface area contributed by atoms with Gasteiger partial charge in [-0.15, -0.1) is 0 Å². The second kappa shape index (κ2) is 12.3. The molecule has 0 amide bonds. The molecule has 0 spiro atoms. The van der Waals surface area contributed by atoms with E-state index in [1.54, 1.807) is 30.7 Å². The first kappa shape index (κ1) is 28.3. The summed E-state index contributed by atoms with van der Waals surface area (Å²) in [7, 11) is 0. The van der Waals surface area contributed by atoms with Crippen LogP contribution in [0.2, 0.25) is 5.02 Å². The molecule has 12 heteroatoms. The monoisotopic (exact) mass is 613 g/mol. The normalized spacial score (nSPS) is 14.0. The predicted molar refractivity (Wildman–Crippen MR) is 173 cm³/mol. The molecule has 11 nitrogen and oxygen atoms in total. The molecule has 3 N–H and O–H groups in total. The van der Waals surface area contributed by atoms with Crippen molar-refractivity contribution in [3.63, 3.8) is 0 Å². The van der Waals surface area contributed by atoms with Gasteiger partial charge < -0.3 is 11.1 Å². The van der Waals surface area contributed by atoms with Crippen LogP contribution in [0.25, 0.3) is 39.6 Å². The van der Waals surface area contributed by atoms with Crippen molar-refractivity contribution >= 4 is 34.4 Å². The Labute approximate surface area is 264 Å². The first-order valence-electron chi connectivity index (χ1n) is 14.6. The second-order valence-electron chi connectivity index (χ2n) is 10.8. The van der Waals surface area contributed by atoms with Gasteiger partial charge in [-0.05, 0) is 73.0 Å². The van der Waals surface area contributed by atoms with E-state index in [1.807, 2.05) is 41.0 Å². The zero-order chi connectivity index (χ0) is 30.8. The molecule has 0 bridgehead atoms. The number of fused-ring (bicyclic) bond motifs is 1. The van der Waals surface area contributed by atoms with E-state index >= 15 is 0 Å². The minimum absolute atomic E-state index is 0.176. The van der Waals surface area contributed by atoms with Gasteiger partial charge in [0.2, 0.25) is 5.82 Å². The highest BCUT2D eigenvalue weighted by Gasteiger charge is 2.21. The molecule has 1 aliphatic rings. The van der Waals surface area contributed by atoms with Crippen LogP contribution in [0.3, 0.4) is 0 Å². The molecule has 0 atom stereocenters. The minimum atomic E-state index is 0.176. The Morgan fingerprint density at radius 2 is 1.71 bits per heavy atom. The molecular weight excluding hydrogens is 586 g/mol. The second-order valence-corrected chi connectivity index (χ2v) is 11.3. The lowest BCUT2D eigenvalue weighted by Gasteiger charge is -2.32. The molecule has 0 saturated carbocycles. The van der Waals surface area contributed by atoms with E-state index in [2.05, 4.69) is 54.4 Å². The van der Waals surface area contributed by atoms with Gasteiger partial charge in [0.15, 0.2) is 11.5 Å². The SMILES string of the molecule is N#Cc1nccc(NC2CCN(Cc3ccc(-n4c(-c5cccnc5N)nc5ccc(-c6ccc(Cl)cn6)nc54)cc3)CC2)n1. The summed E-state index contributed by atoms with van der Waals surface area (Å²) in [5.74, 6) is 1.93. The maximum atomic E-state index is 9.07. The molecule has 0 unspecified atom stereocenters. The molecule has 45 heavy (non-hydrogen) atoms. The molecule has 7 rings (SSSR count). The number of nitrogens with zero attached hydrogens (tertiary/aromatic N) is 9. The van der Waals surface area contributed by atoms with Gasteiger partial charge in [-0.25, -0.2) is 24.9 Å². The first-order valence-corrected chi connectivity index (χ1v) is 15.0. The van der Waals surface area contributed by atoms with Crippen LogP contribution in [-0.2, 0) is 6.54 Å². The van der Waals surface area contributed by atoms with Crippen molar-refractivity contribution in [2.75, 3.05) is 24.1 Å². The van der Waals surface area contributed by atoms with Crippen molar-refractivity contribution < 1.29 is 0 Å². The maximum absolute atomic E-state index is 9.07. The largest absolute Gasteiger partial charge is 0.383 e. The van der Waals surface area contributed by atoms with Crippen molar-refractivity contribution in [3.8, 4) is 34.5 Å². The zero-order valence-corrected chi connectivity index (χ0v) is 24.9. The standard InChI is InChI=1S/C33H28ClN11/c34-22-5-8-26(39-19-22)27-9-10-28-33(41-27)45(32(42-28)25-2-1-14-38-31(25)36)24-6-3-21(4-7-24)20-44-16-12-23(13-17-44)40-29-11-15-37-30(18-35)43-29/h1-11,14-15,19,23H,12-13,16-17,20H2,(H2,36,38)(H,37,40,43). The third-order valence-corrected chi connectivity index (χ3v) is 8.09. The van der Waals surface area contributed by atoms with Gasteiger partial charge in [0.1, 0.15) is 23.2 Å². The smallest absolute Gasteiger partial charge is 0.234 e. The molecule has 0 aliphatic carbocycles. The molecule has 6 aromatic rings. The Morgan fingerprint density at radius 1 is 0.889 bits per heavy atom. The van der Waals surface area contributed by atoms with Gasteiger partial charge in [-0.3, -0.25) is 14.5 Å². The number of halogens is 1. The van der Waals surface area contributed by atoms with Gasteiger partial charge in [0, 0.05) is 50.0 Å². The van der Waals surface area contributed by atoms with Crippen LogP contribution in [0.1, 0.15) is 24.2 Å². The number of nitriles is 1. The number of nitrogens with two attached hydrogens (primary N) is 1. The van der Waals surface area contributed by atoms with E-state index in [4.69, 9.17) is 32.6 Å². The molecule has 1 aromatic carbocycles. The maximum Gasteiger partial charge on any atom is 0.234 e. The average molecular weight is 614 g/mol. The fourth-order valence-corrected chi connectivity index (χ4v) is 5.72. The Morgan fingerprint density at radius 3 is 2.47 bits per heavy atom. The topological polar surface area (TPSA) is 147 Å². The van der Waals surface area contributed by atoms with Crippen molar-refractivity contribution in [2.24, 2.45) is 0 Å². The lowest BCUT2D eigenvalue weighted by molar-refractivity contribution is 0.211. The Bertz CT molecular complexity index is 2010. The summed E-state index contributed by atoms with van der Waals surface area (Å²) in [6, 6.07) is 23.9. The number of piperidine rings is 1. The van der Waals surface area contributed by atoms with Gasteiger partial charge in [-0.1, -0.05) is 23.7 Å². The number of hydrogen-bond acceptors (Lipinski definition) is 10. The molecule has 1 aliphatic heterocycles. The Kier molecular flexibility index (Phi) is 7.73. The molecular formula is C33H28ClN11. The predicted octanol–water partition coefficient (Wildman–Crippen LogP) is 5.52. The number of nitrogen functional groups attached to an aromatic ring is 1. The van der Waals surface area contributed by atoms with Crippen molar-refractivity contribution in [1.29, 1.82) is 5.26 Å². The van der Waals surface area contributed by atoms with Gasteiger partial charge in [-0.2, -0.15) is 5.26 Å². The summed E-state index contributed by atoms with van der Waals surface area (Å²) < 4.78 is 2.02. The van der Waals surface area contributed by atoms with Crippen LogP contribution < -0.4 is 11.1 Å². The Balaban J connectivity index is 1.13. The molecule has 1 saturated heterocycles. The number of rotatable bonds is 7. The Hall–Kier alpha value is -5.44. The summed E-state index contributed by atoms with van der Waals surface area (Å²) >= 11 is 6.07. The lowest BCUT2D eigenvalue weighted by atomic mass is 10.0. The van der Waals surface area contributed by atoms with Crippen LogP contribution in [0.4, 0.5) is 11.6 Å². The molecule has 222 valence electrons. The fourth-order valence-electron chi connectivity index (χ4n) is 5.61. The summed E-state index contributed by atoms with van der Waals surface area (Å²) in [6.07, 6.45) is 6.86. The van der Waals surface area contributed by atoms with E-state index in [0.717, 1.165) is 54.9 Å². The lowest BCUT2D eigenvalue weighted by Crippen LogP contribution is -2.38. The summed E-state index contributed by atoms with van der Waals surface area (Å²) in [5, 5.41) is 13.1. The van der Waals surface area contributed by atoms with E-state index in [-0.39, 0.29) is 5.82 Å². The van der Waals surface area contributed by atoms with Crippen LogP contribution in [-0.4, -0.2) is 58.5 Å². The van der Waals surface area contributed by atoms with Crippen molar-refractivity contribution in [2.45, 2.75) is 25.4 Å².